The van der Waals surface area contributed by atoms with E-state index >= 15 is 0 Å². The lowest BCUT2D eigenvalue weighted by atomic mass is 9.99. The predicted octanol–water partition coefficient (Wildman–Crippen LogP) is 0.476. The van der Waals surface area contributed by atoms with Gasteiger partial charge in [0.2, 0.25) is 0 Å². The Hall–Kier alpha value is -0.0800. The molecule has 0 unspecified atom stereocenters. The molecule has 1 aliphatic rings. The molecule has 0 aromatic carbocycles. The number of nitrogens with two attached hydrogens (primary N) is 1. The predicted molar refractivity (Wildman–Crippen MR) is 39.3 cm³/mol. The van der Waals surface area contributed by atoms with E-state index in [0.717, 1.165) is 13.0 Å². The molecule has 2 heteroatoms. The average molecular weight is 128 g/mol. The molecule has 0 aliphatic carbocycles. The molecule has 2 atom stereocenters. The van der Waals surface area contributed by atoms with Crippen molar-refractivity contribution in [3.63, 3.8) is 0 Å². The molecule has 1 aliphatic heterocycles. The molecule has 1 fully saturated rings. The lowest BCUT2D eigenvalue weighted by Crippen LogP contribution is -2.37. The smallest absolute Gasteiger partial charge is 0.0267 e. The largest absolute Gasteiger partial charge is 0.324 e. The van der Waals surface area contributed by atoms with Crippen LogP contribution in [0.1, 0.15) is 26.7 Å². The summed E-state index contributed by atoms with van der Waals surface area (Å²) in [6.45, 7) is 5.28. The minimum atomic E-state index is 0.0562. The van der Waals surface area contributed by atoms with E-state index in [4.69, 9.17) is 5.73 Å². The van der Waals surface area contributed by atoms with Crippen LogP contribution in [0.2, 0.25) is 0 Å². The van der Waals surface area contributed by atoms with Crippen LogP contribution in [0.25, 0.3) is 0 Å². The summed E-state index contributed by atoms with van der Waals surface area (Å²) in [5.41, 5.74) is 5.94. The zero-order valence-electron chi connectivity index (χ0n) is 6.28. The van der Waals surface area contributed by atoms with Gasteiger partial charge in [-0.3, -0.25) is 0 Å². The average Bonchev–Trinajstić information content (AvgIpc) is 2.10. The van der Waals surface area contributed by atoms with Crippen LogP contribution >= 0.6 is 0 Å². The van der Waals surface area contributed by atoms with Gasteiger partial charge in [-0.1, -0.05) is 6.92 Å². The second kappa shape index (κ2) is 2.27. The van der Waals surface area contributed by atoms with Crippen molar-refractivity contribution in [3.8, 4) is 0 Å². The van der Waals surface area contributed by atoms with Crippen molar-refractivity contribution in [2.24, 2.45) is 5.73 Å². The number of rotatable bonds is 1. The molecule has 3 N–H and O–H groups in total. The van der Waals surface area contributed by atoms with Gasteiger partial charge in [-0.05, 0) is 19.8 Å². The Balaban J connectivity index is 2.38. The third-order valence-electron chi connectivity index (χ3n) is 2.00. The number of nitrogens with one attached hydrogen (secondary N) is 1. The lowest BCUT2D eigenvalue weighted by molar-refractivity contribution is 0.496. The molecule has 0 radical (unpaired) electrons. The van der Waals surface area contributed by atoms with Gasteiger partial charge in [0.1, 0.15) is 0 Å². The van der Waals surface area contributed by atoms with Gasteiger partial charge in [0.05, 0.1) is 0 Å². The Bertz CT molecular complexity index is 99.1. The zero-order valence-corrected chi connectivity index (χ0v) is 6.28. The Morgan fingerprint density at radius 3 is 2.67 bits per heavy atom. The second-order valence-corrected chi connectivity index (χ2v) is 3.34. The van der Waals surface area contributed by atoms with Gasteiger partial charge >= 0.3 is 0 Å². The van der Waals surface area contributed by atoms with E-state index in [-0.39, 0.29) is 5.54 Å². The first-order valence-corrected chi connectivity index (χ1v) is 3.66. The van der Waals surface area contributed by atoms with Crippen molar-refractivity contribution in [1.82, 2.24) is 5.32 Å². The molecule has 54 valence electrons. The van der Waals surface area contributed by atoms with Gasteiger partial charge in [-0.25, -0.2) is 0 Å². The van der Waals surface area contributed by atoms with E-state index in [1.807, 2.05) is 0 Å². The van der Waals surface area contributed by atoms with Crippen molar-refractivity contribution >= 4 is 0 Å². The topological polar surface area (TPSA) is 38.0 Å². The SMILES string of the molecule is CC[C@@H]1C[C@@](C)(N)CN1. The minimum Gasteiger partial charge on any atom is -0.324 e. The maximum absolute atomic E-state index is 5.88. The van der Waals surface area contributed by atoms with Gasteiger partial charge in [0.25, 0.3) is 0 Å². The summed E-state index contributed by atoms with van der Waals surface area (Å²) >= 11 is 0. The van der Waals surface area contributed by atoms with E-state index in [1.54, 1.807) is 0 Å². The van der Waals surface area contributed by atoms with Crippen molar-refractivity contribution in [3.05, 3.63) is 0 Å². The fourth-order valence-electron chi connectivity index (χ4n) is 1.37. The van der Waals surface area contributed by atoms with Crippen molar-refractivity contribution in [2.75, 3.05) is 6.54 Å². The van der Waals surface area contributed by atoms with Crippen LogP contribution in [-0.4, -0.2) is 18.1 Å². The highest BCUT2D eigenvalue weighted by molar-refractivity contribution is 4.93. The molecule has 1 saturated heterocycles. The summed E-state index contributed by atoms with van der Waals surface area (Å²) in [5, 5.41) is 3.37. The molecule has 0 aromatic rings. The van der Waals surface area contributed by atoms with Gasteiger partial charge in [0, 0.05) is 18.1 Å². The minimum absolute atomic E-state index is 0.0562. The first-order valence-electron chi connectivity index (χ1n) is 3.66. The normalized spacial score (nSPS) is 43.7. The molecule has 0 aromatic heterocycles. The highest BCUT2D eigenvalue weighted by Crippen LogP contribution is 2.16. The Morgan fingerprint density at radius 2 is 2.44 bits per heavy atom. The molecule has 9 heavy (non-hydrogen) atoms. The molecule has 1 rings (SSSR count). The Morgan fingerprint density at radius 1 is 1.78 bits per heavy atom. The third kappa shape index (κ3) is 1.66. The lowest BCUT2D eigenvalue weighted by Gasteiger charge is -2.14. The first kappa shape index (κ1) is 7.03. The number of hydrogen-bond acceptors (Lipinski definition) is 2. The van der Waals surface area contributed by atoms with Crippen molar-refractivity contribution in [2.45, 2.75) is 38.3 Å². The molecular weight excluding hydrogens is 112 g/mol. The Labute approximate surface area is 56.8 Å². The summed E-state index contributed by atoms with van der Waals surface area (Å²) in [6.07, 6.45) is 2.33. The van der Waals surface area contributed by atoms with Gasteiger partial charge in [-0.2, -0.15) is 0 Å². The standard InChI is InChI=1S/C7H16N2/c1-3-6-4-7(2,8)5-9-6/h6,9H,3-5,8H2,1-2H3/t6-,7-/m1/s1. The van der Waals surface area contributed by atoms with Crippen LogP contribution in [0.4, 0.5) is 0 Å². The molecule has 0 spiro atoms. The maximum Gasteiger partial charge on any atom is 0.0267 e. The number of hydrogen-bond donors (Lipinski definition) is 2. The molecule has 2 nitrogen and oxygen atoms in total. The summed E-state index contributed by atoms with van der Waals surface area (Å²) in [5.74, 6) is 0. The first-order chi connectivity index (χ1) is 4.14. The van der Waals surface area contributed by atoms with Crippen LogP contribution in [-0.2, 0) is 0 Å². The molecule has 0 bridgehead atoms. The van der Waals surface area contributed by atoms with Gasteiger partial charge in [0.15, 0.2) is 0 Å². The fourth-order valence-corrected chi connectivity index (χ4v) is 1.37. The molecule has 0 saturated carbocycles. The molecule has 0 amide bonds. The van der Waals surface area contributed by atoms with Crippen LogP contribution in [0.15, 0.2) is 0 Å². The quantitative estimate of drug-likeness (QED) is 0.539. The van der Waals surface area contributed by atoms with Crippen LogP contribution in [0.3, 0.4) is 0 Å². The molecule has 1 heterocycles. The Kier molecular flexibility index (Phi) is 1.78. The van der Waals surface area contributed by atoms with Crippen molar-refractivity contribution < 1.29 is 0 Å². The van der Waals surface area contributed by atoms with Crippen molar-refractivity contribution in [1.29, 1.82) is 0 Å². The fraction of sp³-hybridized carbons (Fsp3) is 1.00. The summed E-state index contributed by atoms with van der Waals surface area (Å²) in [6, 6.07) is 0.667. The monoisotopic (exact) mass is 128 g/mol. The summed E-state index contributed by atoms with van der Waals surface area (Å²) in [4.78, 5) is 0. The zero-order chi connectivity index (χ0) is 6.91. The van der Waals surface area contributed by atoms with E-state index in [1.165, 1.54) is 6.42 Å². The summed E-state index contributed by atoms with van der Waals surface area (Å²) < 4.78 is 0. The molecular formula is C7H16N2. The summed E-state index contributed by atoms with van der Waals surface area (Å²) in [7, 11) is 0. The van der Waals surface area contributed by atoms with E-state index in [0.29, 0.717) is 6.04 Å². The maximum atomic E-state index is 5.88. The van der Waals surface area contributed by atoms with Crippen LogP contribution in [0.5, 0.6) is 0 Å². The van der Waals surface area contributed by atoms with Crippen LogP contribution < -0.4 is 11.1 Å². The van der Waals surface area contributed by atoms with Crippen LogP contribution in [0, 0.1) is 0 Å². The van der Waals surface area contributed by atoms with E-state index in [2.05, 4.69) is 19.2 Å². The highest BCUT2D eigenvalue weighted by Gasteiger charge is 2.29. The van der Waals surface area contributed by atoms with Gasteiger partial charge < -0.3 is 11.1 Å². The van der Waals surface area contributed by atoms with E-state index in [9.17, 15) is 0 Å². The highest BCUT2D eigenvalue weighted by atomic mass is 15.0. The van der Waals surface area contributed by atoms with Gasteiger partial charge in [-0.15, -0.1) is 0 Å². The van der Waals surface area contributed by atoms with E-state index < -0.39 is 0 Å². The second-order valence-electron chi connectivity index (χ2n) is 3.34. The third-order valence-corrected chi connectivity index (χ3v) is 2.00.